The van der Waals surface area contributed by atoms with Gasteiger partial charge >= 0.3 is 65.4 Å². The first-order valence-electron chi connectivity index (χ1n) is 3.06. The van der Waals surface area contributed by atoms with Crippen LogP contribution in [0, 0.1) is 5.21 Å². The molecule has 1 rings (SSSR count). The first-order valence-corrected chi connectivity index (χ1v) is 5.65. The number of quaternary nitrogens is 1. The molecule has 0 bridgehead atoms. The number of hydrogen-bond acceptors (Lipinski definition) is 1. The van der Waals surface area contributed by atoms with E-state index in [9.17, 15) is 5.21 Å². The van der Waals surface area contributed by atoms with E-state index in [4.69, 9.17) is 0 Å². The molecule has 1 heterocycles. The van der Waals surface area contributed by atoms with Gasteiger partial charge in [0.1, 0.15) is 0 Å². The van der Waals surface area contributed by atoms with E-state index in [2.05, 4.69) is 0 Å². The zero-order chi connectivity index (χ0) is 5.98. The summed E-state index contributed by atoms with van der Waals surface area (Å²) in [6, 6.07) is 0. The second-order valence-electron chi connectivity index (χ2n) is 2.40. The van der Waals surface area contributed by atoms with Crippen molar-refractivity contribution in [1.29, 1.82) is 0 Å². The second kappa shape index (κ2) is 3.12. The Kier molecular flexibility index (Phi) is 2.72. The summed E-state index contributed by atoms with van der Waals surface area (Å²) >= 11 is 1.03. The Labute approximate surface area is 65.5 Å². The van der Waals surface area contributed by atoms with Crippen LogP contribution in [0.1, 0.15) is 12.8 Å². The molecule has 3 heteroatoms. The molecule has 0 spiro atoms. The second-order valence-corrected chi connectivity index (χ2v) is 6.06. The Hall–Kier alpha value is 0.842. The minimum atomic E-state index is 0.503. The van der Waals surface area contributed by atoms with Crippen LogP contribution in [0.3, 0.4) is 0 Å². The molecule has 8 heavy (non-hydrogen) atoms. The normalized spacial score (nSPS) is 39.5. The molecule has 2 unspecified atom stereocenters. The van der Waals surface area contributed by atoms with Crippen molar-refractivity contribution in [2.45, 2.75) is 16.3 Å². The van der Waals surface area contributed by atoms with Gasteiger partial charge in [-0.05, 0) is 0 Å². The van der Waals surface area contributed by atoms with Gasteiger partial charge < -0.3 is 0 Å². The molecule has 1 saturated heterocycles. The van der Waals surface area contributed by atoms with E-state index in [1.807, 2.05) is 0 Å². The van der Waals surface area contributed by atoms with Gasteiger partial charge in [-0.25, -0.2) is 0 Å². The van der Waals surface area contributed by atoms with Gasteiger partial charge in [0, 0.05) is 0 Å². The third-order valence-electron chi connectivity index (χ3n) is 1.52. The first-order chi connectivity index (χ1) is 3.79. The van der Waals surface area contributed by atoms with Crippen LogP contribution in [0.2, 0.25) is 3.48 Å². The van der Waals surface area contributed by atoms with Crippen molar-refractivity contribution in [1.82, 2.24) is 0 Å². The Morgan fingerprint density at radius 1 is 1.62 bits per heavy atom. The van der Waals surface area contributed by atoms with E-state index >= 15 is 0 Å². The number of rotatable bonds is 0. The minimum absolute atomic E-state index is 0.503. The maximum atomic E-state index is 10.7. The van der Waals surface area contributed by atoms with Gasteiger partial charge in [0.2, 0.25) is 0 Å². The van der Waals surface area contributed by atoms with E-state index < -0.39 is 0 Å². The molecule has 0 aromatic carbocycles. The van der Waals surface area contributed by atoms with Crippen LogP contribution in [0.15, 0.2) is 0 Å². The van der Waals surface area contributed by atoms with Crippen molar-refractivity contribution < 1.29 is 5.06 Å². The van der Waals surface area contributed by atoms with E-state index in [0.717, 1.165) is 42.3 Å². The van der Waals surface area contributed by atoms with Gasteiger partial charge in [-0.15, -0.1) is 0 Å². The van der Waals surface area contributed by atoms with E-state index in [-0.39, 0.29) is 0 Å². The molecule has 0 radical (unpaired) electrons. The van der Waals surface area contributed by atoms with Gasteiger partial charge in [0.25, 0.3) is 0 Å². The average Bonchev–Trinajstić information content (AvgIpc) is 1.64. The first kappa shape index (κ1) is 6.96. The van der Waals surface area contributed by atoms with Crippen molar-refractivity contribution >= 4 is 25.8 Å². The van der Waals surface area contributed by atoms with Crippen LogP contribution < -0.4 is 5.06 Å². The third kappa shape index (κ3) is 1.99. The molecule has 0 amide bonds. The molecule has 1 aliphatic heterocycles. The van der Waals surface area contributed by atoms with Crippen LogP contribution in [0.25, 0.3) is 0 Å². The van der Waals surface area contributed by atoms with Gasteiger partial charge in [-0.3, -0.25) is 0 Å². The fourth-order valence-corrected chi connectivity index (χ4v) is 3.00. The quantitative estimate of drug-likeness (QED) is 0.457. The predicted molar refractivity (Wildman–Crippen MR) is 32.8 cm³/mol. The molecule has 0 aromatic heterocycles. The summed E-state index contributed by atoms with van der Waals surface area (Å²) in [6.07, 6.45) is 2.50. The third-order valence-corrected chi connectivity index (χ3v) is 3.73. The summed E-state index contributed by atoms with van der Waals surface area (Å²) in [7, 11) is 0. The van der Waals surface area contributed by atoms with Gasteiger partial charge in [0.15, 0.2) is 0 Å². The fraction of sp³-hybridized carbons (Fsp3) is 1.00. The molecule has 2 atom stereocenters. The Balaban J connectivity index is 2.23. The number of hydrogen-bond donors (Lipinski definition) is 1. The van der Waals surface area contributed by atoms with Crippen LogP contribution in [0.5, 0.6) is 0 Å². The van der Waals surface area contributed by atoms with Crippen LogP contribution in [-0.2, 0) is 0 Å². The van der Waals surface area contributed by atoms with Gasteiger partial charge in [0.05, 0.1) is 0 Å². The van der Waals surface area contributed by atoms with E-state index in [1.165, 1.54) is 12.8 Å². The van der Waals surface area contributed by atoms with E-state index in [0.29, 0.717) is 5.06 Å². The predicted octanol–water partition coefficient (Wildman–Crippen LogP) is -0.880. The summed E-state index contributed by atoms with van der Waals surface area (Å²) in [5.74, 6) is 0. The van der Waals surface area contributed by atoms with Crippen molar-refractivity contribution in [3.05, 3.63) is 5.21 Å². The average molecular weight is 305 g/mol. The molecule has 0 aliphatic carbocycles. The molecular formula is C5H10NOTl. The number of nitrogens with one attached hydrogen (secondary N) is 1. The number of hydroxylamine groups is 2. The van der Waals surface area contributed by atoms with Crippen LogP contribution in [0.4, 0.5) is 0 Å². The van der Waals surface area contributed by atoms with E-state index in [1.54, 1.807) is 0 Å². The Bertz CT molecular complexity index is 70.8. The van der Waals surface area contributed by atoms with Gasteiger partial charge in [-0.2, -0.15) is 0 Å². The molecular weight excluding hydrogens is 294 g/mol. The molecule has 44 valence electrons. The Morgan fingerprint density at radius 2 is 2.38 bits per heavy atom. The summed E-state index contributed by atoms with van der Waals surface area (Å²) < 4.78 is 0.830. The zero-order valence-corrected chi connectivity index (χ0v) is 9.38. The van der Waals surface area contributed by atoms with Crippen molar-refractivity contribution in [3.63, 3.8) is 0 Å². The topological polar surface area (TPSA) is 27.5 Å². The van der Waals surface area contributed by atoms with Gasteiger partial charge in [-0.1, -0.05) is 0 Å². The number of piperidine rings is 1. The summed E-state index contributed by atoms with van der Waals surface area (Å²) in [6.45, 7) is 1.77. The monoisotopic (exact) mass is 305 g/mol. The fourth-order valence-electron chi connectivity index (χ4n) is 1.06. The molecule has 2 nitrogen and oxygen atoms in total. The summed E-state index contributed by atoms with van der Waals surface area (Å²) in [5.41, 5.74) is 0. The summed E-state index contributed by atoms with van der Waals surface area (Å²) in [5, 5.41) is 11.2. The Morgan fingerprint density at radius 3 is 2.75 bits per heavy atom. The molecule has 1 fully saturated rings. The summed E-state index contributed by atoms with van der Waals surface area (Å²) in [4.78, 5) is 0. The standard InChI is InChI=1S/C5H10NO.Tl/c7-6-4-2-1-3-5-6;/h2,6H,1,3-5H2;. The zero-order valence-electron chi connectivity index (χ0n) is 4.89. The molecule has 0 aromatic rings. The van der Waals surface area contributed by atoms with Crippen molar-refractivity contribution in [2.24, 2.45) is 0 Å². The molecule has 0 saturated carbocycles. The molecule has 1 aliphatic rings. The van der Waals surface area contributed by atoms with Crippen molar-refractivity contribution in [2.75, 3.05) is 13.1 Å². The maximum absolute atomic E-state index is 10.7. The SMILES string of the molecule is [O-][NH+]1CCC[CH]([Tl])C1. The van der Waals surface area contributed by atoms with Crippen LogP contribution in [-0.4, -0.2) is 38.9 Å². The molecule has 1 N–H and O–H groups in total. The van der Waals surface area contributed by atoms with Crippen LogP contribution >= 0.6 is 0 Å². The van der Waals surface area contributed by atoms with Crippen molar-refractivity contribution in [3.8, 4) is 0 Å².